The van der Waals surface area contributed by atoms with Gasteiger partial charge in [0, 0.05) is 24.5 Å². The lowest BCUT2D eigenvalue weighted by molar-refractivity contribution is 0.708. The molecule has 2 aromatic rings. The van der Waals surface area contributed by atoms with Crippen LogP contribution in [0, 0.1) is 0 Å². The summed E-state index contributed by atoms with van der Waals surface area (Å²) in [6, 6.07) is 1.92. The summed E-state index contributed by atoms with van der Waals surface area (Å²) in [5, 5.41) is 4.16. The monoisotopic (exact) mass is 258 g/mol. The number of nitrogen functional groups attached to an aromatic ring is 1. The number of hydrogen-bond donors (Lipinski definition) is 2. The predicted molar refractivity (Wildman–Crippen MR) is 73.3 cm³/mol. The summed E-state index contributed by atoms with van der Waals surface area (Å²) >= 11 is 0. The summed E-state index contributed by atoms with van der Waals surface area (Å²) in [7, 11) is 1.89. The Morgan fingerprint density at radius 1 is 1.21 bits per heavy atom. The Morgan fingerprint density at radius 2 is 2.05 bits per heavy atom. The molecule has 19 heavy (non-hydrogen) atoms. The minimum absolute atomic E-state index is 0.689. The molecule has 0 bridgehead atoms. The highest BCUT2D eigenvalue weighted by molar-refractivity contribution is 5.56. The van der Waals surface area contributed by atoms with Crippen LogP contribution in [0.15, 0.2) is 12.3 Å². The van der Waals surface area contributed by atoms with Crippen LogP contribution in [0.25, 0.3) is 11.5 Å². The van der Waals surface area contributed by atoms with Crippen molar-refractivity contribution >= 4 is 5.82 Å². The number of aryl methyl sites for hydroxylation is 2. The van der Waals surface area contributed by atoms with Gasteiger partial charge in [0.15, 0.2) is 5.82 Å². The molecule has 0 aromatic carbocycles. The van der Waals surface area contributed by atoms with Crippen LogP contribution in [-0.2, 0) is 19.9 Å². The molecule has 0 unspecified atom stereocenters. The molecule has 6 heteroatoms. The lowest BCUT2D eigenvalue weighted by atomic mass is 10.1. The van der Waals surface area contributed by atoms with Crippen LogP contribution in [0.1, 0.15) is 30.5 Å². The van der Waals surface area contributed by atoms with Gasteiger partial charge in [-0.05, 0) is 31.7 Å². The molecular formula is C13H18N6. The van der Waals surface area contributed by atoms with E-state index in [-0.39, 0.29) is 0 Å². The van der Waals surface area contributed by atoms with Crippen LogP contribution >= 0.6 is 0 Å². The number of nitrogens with one attached hydrogen (secondary N) is 1. The maximum absolute atomic E-state index is 5.62. The van der Waals surface area contributed by atoms with Crippen LogP contribution in [0.2, 0.25) is 0 Å². The number of fused-ring (bicyclic) bond motifs is 1. The molecule has 3 N–H and O–H groups in total. The Kier molecular flexibility index (Phi) is 3.16. The average Bonchev–Trinajstić information content (AvgIpc) is 2.71. The minimum Gasteiger partial charge on any atom is -0.308 e. The van der Waals surface area contributed by atoms with Crippen molar-refractivity contribution in [3.8, 4) is 11.5 Å². The van der Waals surface area contributed by atoms with Crippen LogP contribution in [0.3, 0.4) is 0 Å². The predicted octanol–water partition coefficient (Wildman–Crippen LogP) is 1.43. The summed E-state index contributed by atoms with van der Waals surface area (Å²) in [6.07, 6.45) is 7.34. The van der Waals surface area contributed by atoms with Crippen LogP contribution in [0.5, 0.6) is 0 Å². The third-order valence-electron chi connectivity index (χ3n) is 3.62. The van der Waals surface area contributed by atoms with Crippen molar-refractivity contribution in [2.45, 2.75) is 32.1 Å². The maximum atomic E-state index is 5.62. The lowest BCUT2D eigenvalue weighted by Gasteiger charge is -2.12. The zero-order valence-corrected chi connectivity index (χ0v) is 11.1. The zero-order chi connectivity index (χ0) is 13.2. The second kappa shape index (κ2) is 4.97. The Hall–Kier alpha value is -1.95. The van der Waals surface area contributed by atoms with Crippen molar-refractivity contribution in [3.05, 3.63) is 23.5 Å². The number of anilines is 1. The number of nitrogens with zero attached hydrogens (tertiary/aromatic N) is 4. The number of hydrazine groups is 1. The lowest BCUT2D eigenvalue weighted by Crippen LogP contribution is -2.15. The van der Waals surface area contributed by atoms with Crippen LogP contribution in [0.4, 0.5) is 5.82 Å². The molecule has 0 saturated carbocycles. The Morgan fingerprint density at radius 3 is 2.79 bits per heavy atom. The van der Waals surface area contributed by atoms with E-state index in [4.69, 9.17) is 10.8 Å². The number of rotatable bonds is 2. The van der Waals surface area contributed by atoms with Gasteiger partial charge in [-0.15, -0.1) is 0 Å². The molecule has 100 valence electrons. The largest absolute Gasteiger partial charge is 0.308 e. The van der Waals surface area contributed by atoms with E-state index in [9.17, 15) is 0 Å². The topological polar surface area (TPSA) is 81.7 Å². The third kappa shape index (κ3) is 2.19. The van der Waals surface area contributed by atoms with Gasteiger partial charge in [-0.2, -0.15) is 5.10 Å². The quantitative estimate of drug-likeness (QED) is 0.484. The van der Waals surface area contributed by atoms with Crippen molar-refractivity contribution < 1.29 is 0 Å². The molecule has 1 aliphatic carbocycles. The van der Waals surface area contributed by atoms with Crippen molar-refractivity contribution in [1.29, 1.82) is 0 Å². The van der Waals surface area contributed by atoms with Crippen LogP contribution < -0.4 is 11.3 Å². The molecule has 1 aliphatic rings. The van der Waals surface area contributed by atoms with Gasteiger partial charge < -0.3 is 5.43 Å². The second-order valence-corrected chi connectivity index (χ2v) is 4.87. The number of aromatic nitrogens is 4. The molecule has 3 rings (SSSR count). The van der Waals surface area contributed by atoms with Gasteiger partial charge >= 0.3 is 0 Å². The van der Waals surface area contributed by atoms with Gasteiger partial charge in [0.25, 0.3) is 0 Å². The summed E-state index contributed by atoms with van der Waals surface area (Å²) in [5.41, 5.74) is 5.92. The van der Waals surface area contributed by atoms with Gasteiger partial charge in [0.1, 0.15) is 11.5 Å². The Labute approximate surface area is 112 Å². The molecular weight excluding hydrogens is 240 g/mol. The normalized spacial score (nSPS) is 14.8. The fourth-order valence-corrected chi connectivity index (χ4v) is 2.60. The first-order valence-electron chi connectivity index (χ1n) is 6.64. The van der Waals surface area contributed by atoms with E-state index in [1.54, 1.807) is 10.9 Å². The molecule has 0 atom stereocenters. The molecule has 2 heterocycles. The van der Waals surface area contributed by atoms with Gasteiger partial charge in [-0.25, -0.2) is 15.8 Å². The van der Waals surface area contributed by atoms with Gasteiger partial charge in [-0.1, -0.05) is 6.42 Å². The Balaban J connectivity index is 2.13. The fraction of sp³-hybridized carbons (Fsp3) is 0.462. The first kappa shape index (κ1) is 12.1. The van der Waals surface area contributed by atoms with Crippen molar-refractivity contribution in [1.82, 2.24) is 19.7 Å². The van der Waals surface area contributed by atoms with Crippen LogP contribution in [-0.4, -0.2) is 19.7 Å². The van der Waals surface area contributed by atoms with E-state index in [1.165, 1.54) is 24.8 Å². The number of nitrogens with two attached hydrogens (primary N) is 1. The summed E-state index contributed by atoms with van der Waals surface area (Å²) in [6.45, 7) is 0. The smallest absolute Gasteiger partial charge is 0.180 e. The SMILES string of the molecule is Cn1nccc1-c1nc2c(c(NN)n1)CCCCC2. The van der Waals surface area contributed by atoms with E-state index in [2.05, 4.69) is 15.5 Å². The first-order chi connectivity index (χ1) is 9.29. The highest BCUT2D eigenvalue weighted by Gasteiger charge is 2.18. The highest BCUT2D eigenvalue weighted by atomic mass is 15.3. The first-order valence-corrected chi connectivity index (χ1v) is 6.64. The Bertz CT molecular complexity index is 589. The summed E-state index contributed by atoms with van der Waals surface area (Å²) in [4.78, 5) is 9.26. The summed E-state index contributed by atoms with van der Waals surface area (Å²) in [5.74, 6) is 7.06. The number of hydrogen-bond acceptors (Lipinski definition) is 5. The van der Waals surface area contributed by atoms with Gasteiger partial charge in [-0.3, -0.25) is 4.68 Å². The second-order valence-electron chi connectivity index (χ2n) is 4.87. The molecule has 2 aromatic heterocycles. The van der Waals surface area contributed by atoms with E-state index >= 15 is 0 Å². The molecule has 0 saturated heterocycles. The molecule has 6 nitrogen and oxygen atoms in total. The molecule has 0 spiro atoms. The van der Waals surface area contributed by atoms with E-state index in [1.807, 2.05) is 13.1 Å². The highest BCUT2D eigenvalue weighted by Crippen LogP contribution is 2.27. The van der Waals surface area contributed by atoms with Crippen molar-refractivity contribution in [2.75, 3.05) is 5.43 Å². The van der Waals surface area contributed by atoms with Crippen molar-refractivity contribution in [3.63, 3.8) is 0 Å². The van der Waals surface area contributed by atoms with E-state index < -0.39 is 0 Å². The minimum atomic E-state index is 0.689. The average molecular weight is 258 g/mol. The van der Waals surface area contributed by atoms with Gasteiger partial charge in [0.05, 0.1) is 0 Å². The van der Waals surface area contributed by atoms with E-state index in [0.29, 0.717) is 5.82 Å². The zero-order valence-electron chi connectivity index (χ0n) is 11.1. The molecule has 0 amide bonds. The summed E-state index contributed by atoms with van der Waals surface area (Å²) < 4.78 is 1.78. The molecule has 0 fully saturated rings. The maximum Gasteiger partial charge on any atom is 0.180 e. The fourth-order valence-electron chi connectivity index (χ4n) is 2.60. The molecule has 0 aliphatic heterocycles. The standard InChI is InChI=1S/C13H18N6/c1-19-11(7-8-15-19)13-16-10-6-4-2-3-5-9(10)12(17-13)18-14/h7-8H,2-6,14H2,1H3,(H,16,17,18). The van der Waals surface area contributed by atoms with Crippen molar-refractivity contribution in [2.24, 2.45) is 12.9 Å². The third-order valence-corrected chi connectivity index (χ3v) is 3.62. The van der Waals surface area contributed by atoms with E-state index in [0.717, 1.165) is 30.0 Å². The molecule has 0 radical (unpaired) electrons. The van der Waals surface area contributed by atoms with Gasteiger partial charge in [0.2, 0.25) is 0 Å².